The highest BCUT2D eigenvalue weighted by molar-refractivity contribution is 9.10. The Bertz CT molecular complexity index is 698. The normalized spacial score (nSPS) is 10.2. The van der Waals surface area contributed by atoms with Crippen LogP contribution in [-0.2, 0) is 13.2 Å². The van der Waals surface area contributed by atoms with Crippen molar-refractivity contribution in [1.29, 1.82) is 0 Å². The first-order valence-corrected chi connectivity index (χ1v) is 9.78. The van der Waals surface area contributed by atoms with Gasteiger partial charge in [-0.05, 0) is 67.1 Å². The number of aryl methyl sites for hydroxylation is 1. The van der Waals surface area contributed by atoms with E-state index >= 15 is 0 Å². The topological polar surface area (TPSA) is 33.7 Å². The number of nitrogens with one attached hydrogen (secondary N) is 1. The van der Waals surface area contributed by atoms with E-state index < -0.39 is 0 Å². The van der Waals surface area contributed by atoms with E-state index in [4.69, 9.17) is 9.47 Å². The van der Waals surface area contributed by atoms with Crippen LogP contribution in [0.3, 0.4) is 0 Å². The quantitative estimate of drug-likeness (QED) is 0.459. The number of hydrogen-bond acceptors (Lipinski definition) is 4. The van der Waals surface area contributed by atoms with Crippen LogP contribution < -0.4 is 14.8 Å². The second kappa shape index (κ2) is 14.1. The van der Waals surface area contributed by atoms with Crippen molar-refractivity contribution in [2.24, 2.45) is 0 Å². The monoisotopic (exact) mass is 492 g/mol. The minimum Gasteiger partial charge on any atom is -0.490 e. The predicted molar refractivity (Wildman–Crippen MR) is 126 cm³/mol. The molecule has 28 heavy (non-hydrogen) atoms. The molecule has 0 saturated heterocycles. The number of ether oxygens (including phenoxy) is 2. The molecule has 0 atom stereocenters. The molecule has 0 saturated carbocycles. The van der Waals surface area contributed by atoms with Crippen molar-refractivity contribution in [2.45, 2.75) is 27.0 Å². The minimum absolute atomic E-state index is 0. The average molecular weight is 494 g/mol. The second-order valence-electron chi connectivity index (χ2n) is 6.59. The summed E-state index contributed by atoms with van der Waals surface area (Å²) in [6.45, 7) is 7.94. The molecule has 0 radical (unpaired) electrons. The van der Waals surface area contributed by atoms with Crippen molar-refractivity contribution in [1.82, 2.24) is 10.2 Å². The Balaban J connectivity index is 0.00000364. The van der Waals surface area contributed by atoms with Gasteiger partial charge in [-0.25, -0.2) is 0 Å². The lowest BCUT2D eigenvalue weighted by molar-refractivity contribution is 0.267. The smallest absolute Gasteiger partial charge is 0.175 e. The highest BCUT2D eigenvalue weighted by Gasteiger charge is 2.12. The largest absolute Gasteiger partial charge is 0.490 e. The van der Waals surface area contributed by atoms with Crippen molar-refractivity contribution in [3.8, 4) is 11.5 Å². The lowest BCUT2D eigenvalue weighted by Crippen LogP contribution is -2.26. The molecule has 0 fully saturated rings. The zero-order valence-corrected chi connectivity index (χ0v) is 20.2. The molecular formula is C21H31BrCl2N2O2. The maximum absolute atomic E-state index is 6.06. The fourth-order valence-electron chi connectivity index (χ4n) is 2.50. The van der Waals surface area contributed by atoms with Gasteiger partial charge in [-0.3, -0.25) is 0 Å². The van der Waals surface area contributed by atoms with E-state index in [2.05, 4.69) is 83.6 Å². The molecule has 2 aromatic rings. The van der Waals surface area contributed by atoms with Gasteiger partial charge in [0.2, 0.25) is 0 Å². The van der Waals surface area contributed by atoms with E-state index in [0.717, 1.165) is 41.2 Å². The van der Waals surface area contributed by atoms with Gasteiger partial charge in [0.05, 0.1) is 11.1 Å². The molecule has 0 bridgehead atoms. The van der Waals surface area contributed by atoms with Crippen molar-refractivity contribution < 1.29 is 9.47 Å². The molecule has 0 aliphatic rings. The standard InChI is InChI=1S/C21H29BrN2O2.2ClH/c1-5-25-20-13-18(14-23-10-11-24(3)4)12-19(22)21(20)26-15-17-8-6-16(2)7-9-17;;/h6-9,12-13,23H,5,10-11,14-15H2,1-4H3;2*1H. The maximum Gasteiger partial charge on any atom is 0.175 e. The molecule has 0 aliphatic carbocycles. The Morgan fingerprint density at radius 2 is 1.68 bits per heavy atom. The van der Waals surface area contributed by atoms with Crippen LogP contribution in [0.15, 0.2) is 40.9 Å². The number of hydrogen-bond donors (Lipinski definition) is 1. The molecule has 0 unspecified atom stereocenters. The van der Waals surface area contributed by atoms with Gasteiger partial charge in [-0.1, -0.05) is 29.8 Å². The van der Waals surface area contributed by atoms with Crippen molar-refractivity contribution in [2.75, 3.05) is 33.8 Å². The van der Waals surface area contributed by atoms with E-state index in [-0.39, 0.29) is 24.8 Å². The lowest BCUT2D eigenvalue weighted by atomic mass is 10.1. The summed E-state index contributed by atoms with van der Waals surface area (Å²) in [5, 5.41) is 3.45. The molecule has 158 valence electrons. The summed E-state index contributed by atoms with van der Waals surface area (Å²) in [6, 6.07) is 12.5. The molecule has 2 rings (SSSR count). The first-order valence-electron chi connectivity index (χ1n) is 8.98. The minimum atomic E-state index is 0. The summed E-state index contributed by atoms with van der Waals surface area (Å²) < 4.78 is 12.8. The summed E-state index contributed by atoms with van der Waals surface area (Å²) >= 11 is 3.64. The summed E-state index contributed by atoms with van der Waals surface area (Å²) in [6.07, 6.45) is 0. The van der Waals surface area contributed by atoms with Crippen LogP contribution in [0.2, 0.25) is 0 Å². The molecule has 0 spiro atoms. The molecular weight excluding hydrogens is 463 g/mol. The Kier molecular flexibility index (Phi) is 13.6. The summed E-state index contributed by atoms with van der Waals surface area (Å²) in [4.78, 5) is 2.16. The highest BCUT2D eigenvalue weighted by atomic mass is 79.9. The van der Waals surface area contributed by atoms with Crippen molar-refractivity contribution in [3.63, 3.8) is 0 Å². The van der Waals surface area contributed by atoms with Crippen LogP contribution in [0.5, 0.6) is 11.5 Å². The summed E-state index contributed by atoms with van der Waals surface area (Å²) in [5.74, 6) is 1.53. The number of rotatable bonds is 10. The SMILES string of the molecule is CCOc1cc(CNCCN(C)C)cc(Br)c1OCc1ccc(C)cc1.Cl.Cl. The zero-order chi connectivity index (χ0) is 18.9. The van der Waals surface area contributed by atoms with Crippen LogP contribution in [-0.4, -0.2) is 38.7 Å². The molecule has 0 aromatic heterocycles. The van der Waals surface area contributed by atoms with Gasteiger partial charge < -0.3 is 19.7 Å². The Hall–Kier alpha value is -0.980. The third-order valence-corrected chi connectivity index (χ3v) is 4.53. The van der Waals surface area contributed by atoms with E-state index in [1.807, 2.05) is 6.92 Å². The number of nitrogens with zero attached hydrogens (tertiary/aromatic N) is 1. The Labute approximate surface area is 189 Å². The van der Waals surface area contributed by atoms with Gasteiger partial charge in [-0.2, -0.15) is 0 Å². The average Bonchev–Trinajstić information content (AvgIpc) is 2.59. The highest BCUT2D eigenvalue weighted by Crippen LogP contribution is 2.37. The van der Waals surface area contributed by atoms with Crippen LogP contribution in [0.25, 0.3) is 0 Å². The first-order chi connectivity index (χ1) is 12.5. The van der Waals surface area contributed by atoms with Gasteiger partial charge in [0, 0.05) is 19.6 Å². The molecule has 0 heterocycles. The fourth-order valence-corrected chi connectivity index (χ4v) is 3.11. The number of halogens is 3. The van der Waals surface area contributed by atoms with Gasteiger partial charge in [0.15, 0.2) is 11.5 Å². The van der Waals surface area contributed by atoms with E-state index in [9.17, 15) is 0 Å². The predicted octanol–water partition coefficient (Wildman–Crippen LogP) is 5.23. The van der Waals surface area contributed by atoms with Crippen molar-refractivity contribution >= 4 is 40.7 Å². The maximum atomic E-state index is 6.06. The van der Waals surface area contributed by atoms with Gasteiger partial charge in [-0.15, -0.1) is 24.8 Å². The van der Waals surface area contributed by atoms with E-state index in [0.29, 0.717) is 13.2 Å². The summed E-state index contributed by atoms with van der Waals surface area (Å²) in [5.41, 5.74) is 3.55. The molecule has 2 aromatic carbocycles. The van der Waals surface area contributed by atoms with Gasteiger partial charge in [0.1, 0.15) is 6.61 Å². The zero-order valence-electron chi connectivity index (χ0n) is 17.0. The molecule has 0 aliphatic heterocycles. The lowest BCUT2D eigenvalue weighted by Gasteiger charge is -2.16. The number of benzene rings is 2. The number of likely N-dealkylation sites (N-methyl/N-ethyl adjacent to an activating group) is 1. The van der Waals surface area contributed by atoms with Crippen molar-refractivity contribution in [3.05, 3.63) is 57.6 Å². The third kappa shape index (κ3) is 9.01. The Morgan fingerprint density at radius 3 is 2.29 bits per heavy atom. The van der Waals surface area contributed by atoms with Crippen LogP contribution in [0.4, 0.5) is 0 Å². The fraction of sp³-hybridized carbons (Fsp3) is 0.429. The van der Waals surface area contributed by atoms with E-state index in [1.165, 1.54) is 11.1 Å². The van der Waals surface area contributed by atoms with Crippen LogP contribution >= 0.6 is 40.7 Å². The molecule has 4 nitrogen and oxygen atoms in total. The molecule has 1 N–H and O–H groups in total. The van der Waals surface area contributed by atoms with Crippen LogP contribution in [0, 0.1) is 6.92 Å². The third-order valence-electron chi connectivity index (χ3n) is 3.94. The van der Waals surface area contributed by atoms with Gasteiger partial charge >= 0.3 is 0 Å². The second-order valence-corrected chi connectivity index (χ2v) is 7.45. The Morgan fingerprint density at radius 1 is 1.00 bits per heavy atom. The van der Waals surface area contributed by atoms with Gasteiger partial charge in [0.25, 0.3) is 0 Å². The molecule has 7 heteroatoms. The molecule has 0 amide bonds. The summed E-state index contributed by atoms with van der Waals surface area (Å²) in [7, 11) is 4.15. The van der Waals surface area contributed by atoms with E-state index in [1.54, 1.807) is 0 Å². The first kappa shape index (κ1) is 27.0. The van der Waals surface area contributed by atoms with Crippen LogP contribution in [0.1, 0.15) is 23.6 Å².